The number of carbonyl (C=O) groups excluding carboxylic acids is 2. The third-order valence-corrected chi connectivity index (χ3v) is 3.46. The number of amides is 1. The predicted molar refractivity (Wildman–Crippen MR) is 90.3 cm³/mol. The Kier molecular flexibility index (Phi) is 5.67. The van der Waals surface area contributed by atoms with Crippen LogP contribution in [0.15, 0.2) is 36.4 Å². The molecule has 1 amide bonds. The zero-order valence-electron chi connectivity index (χ0n) is 13.6. The number of nitrogens with zero attached hydrogens (tertiary/aromatic N) is 1. The van der Waals surface area contributed by atoms with Crippen LogP contribution < -0.4 is 14.8 Å². The Labute approximate surface area is 143 Å². The Balaban J connectivity index is 2.06. The molecule has 2 aromatic rings. The first-order valence-corrected chi connectivity index (χ1v) is 7.26. The van der Waals surface area contributed by atoms with Gasteiger partial charge in [-0.25, -0.2) is 0 Å². The number of carbonyl (C=O) groups is 2. The number of methoxy groups -OCH3 is 1. The minimum absolute atomic E-state index is 0.0789. The fraction of sp³-hybridized carbons (Fsp3) is 0.176. The summed E-state index contributed by atoms with van der Waals surface area (Å²) in [6.45, 7) is 1.23. The molecule has 2 rings (SSSR count). The fourth-order valence-electron chi connectivity index (χ4n) is 2.16. The summed E-state index contributed by atoms with van der Waals surface area (Å²) in [5, 5.41) is 13.5. The van der Waals surface area contributed by atoms with Crippen LogP contribution in [0.2, 0.25) is 0 Å². The van der Waals surface area contributed by atoms with Gasteiger partial charge in [0.25, 0.3) is 11.6 Å². The van der Waals surface area contributed by atoms with Gasteiger partial charge in [-0.05, 0) is 31.2 Å². The molecular formula is C17H16N2O6. The number of rotatable bonds is 7. The van der Waals surface area contributed by atoms with Crippen LogP contribution in [0.1, 0.15) is 15.9 Å². The second kappa shape index (κ2) is 7.91. The van der Waals surface area contributed by atoms with Crippen LogP contribution in [0.25, 0.3) is 0 Å². The van der Waals surface area contributed by atoms with Crippen molar-refractivity contribution in [2.24, 2.45) is 0 Å². The van der Waals surface area contributed by atoms with Crippen LogP contribution >= 0.6 is 0 Å². The molecule has 8 heteroatoms. The topological polar surface area (TPSA) is 108 Å². The highest BCUT2D eigenvalue weighted by Crippen LogP contribution is 2.28. The first-order valence-electron chi connectivity index (χ1n) is 7.26. The SMILES string of the molecule is COc1cc(C=O)ccc1OCC(=O)Nc1cccc([N+](=O)[O-])c1C. The highest BCUT2D eigenvalue weighted by molar-refractivity contribution is 5.93. The highest BCUT2D eigenvalue weighted by atomic mass is 16.6. The van der Waals surface area contributed by atoms with Crippen LogP contribution in [0.5, 0.6) is 11.5 Å². The number of anilines is 1. The summed E-state index contributed by atoms with van der Waals surface area (Å²) in [5.74, 6) is 0.146. The van der Waals surface area contributed by atoms with Gasteiger partial charge in [-0.15, -0.1) is 0 Å². The van der Waals surface area contributed by atoms with E-state index >= 15 is 0 Å². The Morgan fingerprint density at radius 1 is 1.28 bits per heavy atom. The fourth-order valence-corrected chi connectivity index (χ4v) is 2.16. The Hall–Kier alpha value is -3.42. The van der Waals surface area contributed by atoms with Crippen molar-refractivity contribution in [3.63, 3.8) is 0 Å². The third-order valence-electron chi connectivity index (χ3n) is 3.46. The molecule has 0 saturated carbocycles. The van der Waals surface area contributed by atoms with Crippen molar-refractivity contribution in [3.05, 3.63) is 57.6 Å². The highest BCUT2D eigenvalue weighted by Gasteiger charge is 2.15. The van der Waals surface area contributed by atoms with Gasteiger partial charge in [0.1, 0.15) is 6.29 Å². The molecule has 0 spiro atoms. The van der Waals surface area contributed by atoms with Crippen LogP contribution in [-0.4, -0.2) is 30.8 Å². The van der Waals surface area contributed by atoms with Crippen molar-refractivity contribution < 1.29 is 24.0 Å². The molecule has 130 valence electrons. The average molecular weight is 344 g/mol. The number of hydrogen-bond donors (Lipinski definition) is 1. The number of nitrogens with one attached hydrogen (secondary N) is 1. The Bertz CT molecular complexity index is 819. The van der Waals surface area contributed by atoms with E-state index in [0.717, 1.165) is 0 Å². The molecule has 0 heterocycles. The summed E-state index contributed by atoms with van der Waals surface area (Å²) in [5.41, 5.74) is 1.03. The van der Waals surface area contributed by atoms with Gasteiger partial charge in [0.05, 0.1) is 23.3 Å². The second-order valence-electron chi connectivity index (χ2n) is 5.07. The van der Waals surface area contributed by atoms with Crippen LogP contribution in [0, 0.1) is 17.0 Å². The standard InChI is InChI=1S/C17H16N2O6/c1-11-13(4-3-5-14(11)19(22)23)18-17(21)10-25-15-7-6-12(9-20)8-16(15)24-2/h3-9H,10H2,1-2H3,(H,18,21). The van der Waals surface area contributed by atoms with Gasteiger partial charge in [-0.3, -0.25) is 19.7 Å². The normalized spacial score (nSPS) is 10.0. The monoisotopic (exact) mass is 344 g/mol. The van der Waals surface area contributed by atoms with E-state index < -0.39 is 10.8 Å². The van der Waals surface area contributed by atoms with Crippen molar-refractivity contribution in [1.82, 2.24) is 0 Å². The van der Waals surface area contributed by atoms with E-state index in [2.05, 4.69) is 5.32 Å². The van der Waals surface area contributed by atoms with Crippen LogP contribution in [0.3, 0.4) is 0 Å². The molecule has 25 heavy (non-hydrogen) atoms. The number of hydrogen-bond acceptors (Lipinski definition) is 6. The molecule has 0 aliphatic rings. The maximum Gasteiger partial charge on any atom is 0.274 e. The van der Waals surface area contributed by atoms with Gasteiger partial charge in [0.15, 0.2) is 18.1 Å². The number of benzene rings is 2. The lowest BCUT2D eigenvalue weighted by Gasteiger charge is -2.12. The number of nitro groups is 1. The van der Waals surface area contributed by atoms with Gasteiger partial charge in [0, 0.05) is 11.6 Å². The van der Waals surface area contributed by atoms with E-state index in [-0.39, 0.29) is 12.3 Å². The smallest absolute Gasteiger partial charge is 0.274 e. The first kappa shape index (κ1) is 17.9. The van der Waals surface area contributed by atoms with Gasteiger partial charge < -0.3 is 14.8 Å². The number of ether oxygens (including phenoxy) is 2. The third kappa shape index (κ3) is 4.31. The summed E-state index contributed by atoms with van der Waals surface area (Å²) < 4.78 is 10.5. The molecule has 0 saturated heterocycles. The molecule has 0 radical (unpaired) electrons. The van der Waals surface area contributed by atoms with E-state index in [4.69, 9.17) is 9.47 Å². The molecule has 2 aromatic carbocycles. The van der Waals surface area contributed by atoms with Gasteiger partial charge >= 0.3 is 0 Å². The summed E-state index contributed by atoms with van der Waals surface area (Å²) in [7, 11) is 1.42. The van der Waals surface area contributed by atoms with E-state index in [1.54, 1.807) is 13.0 Å². The maximum absolute atomic E-state index is 12.0. The van der Waals surface area contributed by atoms with Crippen LogP contribution in [-0.2, 0) is 4.79 Å². The lowest BCUT2D eigenvalue weighted by Crippen LogP contribution is -2.21. The average Bonchev–Trinajstić information content (AvgIpc) is 2.61. The van der Waals surface area contributed by atoms with Crippen molar-refractivity contribution in [2.75, 3.05) is 19.0 Å². The molecule has 0 aromatic heterocycles. The van der Waals surface area contributed by atoms with E-state index in [9.17, 15) is 19.7 Å². The maximum atomic E-state index is 12.0. The predicted octanol–water partition coefficient (Wildman–Crippen LogP) is 2.74. The minimum Gasteiger partial charge on any atom is -0.493 e. The summed E-state index contributed by atoms with van der Waals surface area (Å²) in [6, 6.07) is 8.97. The molecule has 8 nitrogen and oxygen atoms in total. The summed E-state index contributed by atoms with van der Waals surface area (Å²) in [4.78, 5) is 33.2. The van der Waals surface area contributed by atoms with Crippen LogP contribution in [0.4, 0.5) is 11.4 Å². The van der Waals surface area contributed by atoms with Gasteiger partial charge in [-0.1, -0.05) is 6.07 Å². The van der Waals surface area contributed by atoms with Crippen molar-refractivity contribution in [1.29, 1.82) is 0 Å². The minimum atomic E-state index is -0.513. The van der Waals surface area contributed by atoms with Crippen molar-refractivity contribution >= 4 is 23.6 Å². The molecular weight excluding hydrogens is 328 g/mol. The largest absolute Gasteiger partial charge is 0.493 e. The van der Waals surface area contributed by atoms with E-state index in [1.807, 2.05) is 0 Å². The molecule has 1 N–H and O–H groups in total. The molecule has 0 aliphatic carbocycles. The summed E-state index contributed by atoms with van der Waals surface area (Å²) in [6.07, 6.45) is 0.671. The van der Waals surface area contributed by atoms with Crippen molar-refractivity contribution in [2.45, 2.75) is 6.92 Å². The quantitative estimate of drug-likeness (QED) is 0.470. The van der Waals surface area contributed by atoms with E-state index in [0.29, 0.717) is 34.6 Å². The molecule has 0 bridgehead atoms. The van der Waals surface area contributed by atoms with Gasteiger partial charge in [0.2, 0.25) is 0 Å². The molecule has 0 atom stereocenters. The lowest BCUT2D eigenvalue weighted by atomic mass is 10.1. The van der Waals surface area contributed by atoms with E-state index in [1.165, 1.54) is 37.4 Å². The lowest BCUT2D eigenvalue weighted by molar-refractivity contribution is -0.385. The Morgan fingerprint density at radius 3 is 2.68 bits per heavy atom. The molecule has 0 unspecified atom stereocenters. The van der Waals surface area contributed by atoms with Crippen molar-refractivity contribution in [3.8, 4) is 11.5 Å². The van der Waals surface area contributed by atoms with Gasteiger partial charge in [-0.2, -0.15) is 0 Å². The molecule has 0 aliphatic heterocycles. The summed E-state index contributed by atoms with van der Waals surface area (Å²) >= 11 is 0. The second-order valence-corrected chi connectivity index (χ2v) is 5.07. The Morgan fingerprint density at radius 2 is 2.04 bits per heavy atom. The number of nitro benzene ring substituents is 1. The molecule has 0 fully saturated rings. The first-order chi connectivity index (χ1) is 12.0. The zero-order chi connectivity index (χ0) is 18.4. The number of aldehydes is 1. The zero-order valence-corrected chi connectivity index (χ0v) is 13.6.